The Morgan fingerprint density at radius 1 is 1.19 bits per heavy atom. The number of hydrogen-bond acceptors (Lipinski definition) is 4. The zero-order valence-electron chi connectivity index (χ0n) is 13.3. The van der Waals surface area contributed by atoms with Gasteiger partial charge in [-0.25, -0.2) is 0 Å². The van der Waals surface area contributed by atoms with Crippen LogP contribution in [-0.2, 0) is 16.0 Å². The van der Waals surface area contributed by atoms with E-state index in [0.29, 0.717) is 31.1 Å². The molecule has 1 aromatic rings. The molecule has 0 aromatic heterocycles. The SMILES string of the molecule is COc1ccc(CC(=O)NCCCOC(C)C)cc1OC. The summed E-state index contributed by atoms with van der Waals surface area (Å²) >= 11 is 0. The maximum atomic E-state index is 11.8. The summed E-state index contributed by atoms with van der Waals surface area (Å²) in [4.78, 5) is 11.8. The Morgan fingerprint density at radius 2 is 1.90 bits per heavy atom. The van der Waals surface area contributed by atoms with Crippen LogP contribution in [0.1, 0.15) is 25.8 Å². The van der Waals surface area contributed by atoms with Gasteiger partial charge in [-0.2, -0.15) is 0 Å². The molecule has 0 saturated heterocycles. The highest BCUT2D eigenvalue weighted by Gasteiger charge is 2.08. The summed E-state index contributed by atoms with van der Waals surface area (Å²) in [5.74, 6) is 1.28. The molecular weight excluding hydrogens is 270 g/mol. The molecule has 0 unspecified atom stereocenters. The van der Waals surface area contributed by atoms with E-state index in [2.05, 4.69) is 5.32 Å². The van der Waals surface area contributed by atoms with Crippen LogP contribution in [0.3, 0.4) is 0 Å². The first kappa shape index (κ1) is 17.3. The molecule has 1 rings (SSSR count). The quantitative estimate of drug-likeness (QED) is 0.709. The zero-order valence-corrected chi connectivity index (χ0v) is 13.3. The number of rotatable bonds is 9. The van der Waals surface area contributed by atoms with Gasteiger partial charge in [0.2, 0.25) is 5.91 Å². The lowest BCUT2D eigenvalue weighted by atomic mass is 10.1. The molecule has 0 atom stereocenters. The molecule has 0 saturated carbocycles. The molecule has 0 heterocycles. The number of nitrogens with one attached hydrogen (secondary N) is 1. The minimum atomic E-state index is -0.00762. The van der Waals surface area contributed by atoms with Crippen LogP contribution in [-0.4, -0.2) is 39.4 Å². The lowest BCUT2D eigenvalue weighted by Crippen LogP contribution is -2.27. The predicted molar refractivity (Wildman–Crippen MR) is 82.0 cm³/mol. The molecule has 1 aromatic carbocycles. The molecule has 0 fully saturated rings. The van der Waals surface area contributed by atoms with Gasteiger partial charge in [-0.1, -0.05) is 6.07 Å². The topological polar surface area (TPSA) is 56.8 Å². The van der Waals surface area contributed by atoms with Crippen molar-refractivity contribution < 1.29 is 19.0 Å². The number of benzene rings is 1. The van der Waals surface area contributed by atoms with E-state index in [0.717, 1.165) is 12.0 Å². The summed E-state index contributed by atoms with van der Waals surface area (Å²) in [6.07, 6.45) is 1.37. The molecular formula is C16H25NO4. The summed E-state index contributed by atoms with van der Waals surface area (Å²) in [6, 6.07) is 5.49. The van der Waals surface area contributed by atoms with Crippen molar-refractivity contribution in [2.45, 2.75) is 32.8 Å². The Hall–Kier alpha value is -1.75. The lowest BCUT2D eigenvalue weighted by Gasteiger charge is -2.10. The fraction of sp³-hybridized carbons (Fsp3) is 0.562. The Bertz CT molecular complexity index is 446. The second-order valence-electron chi connectivity index (χ2n) is 4.99. The van der Waals surface area contributed by atoms with Crippen molar-refractivity contribution in [1.82, 2.24) is 5.32 Å². The number of ether oxygens (including phenoxy) is 3. The lowest BCUT2D eigenvalue weighted by molar-refractivity contribution is -0.120. The van der Waals surface area contributed by atoms with Crippen molar-refractivity contribution in [3.8, 4) is 11.5 Å². The summed E-state index contributed by atoms with van der Waals surface area (Å²) in [7, 11) is 3.17. The Balaban J connectivity index is 2.37. The largest absolute Gasteiger partial charge is 0.493 e. The molecule has 5 nitrogen and oxygen atoms in total. The molecule has 5 heteroatoms. The number of carbonyl (C=O) groups is 1. The molecule has 1 amide bonds. The second-order valence-corrected chi connectivity index (χ2v) is 4.99. The Labute approximate surface area is 126 Å². The van der Waals surface area contributed by atoms with Crippen LogP contribution in [0.2, 0.25) is 0 Å². The minimum absolute atomic E-state index is 0.00762. The van der Waals surface area contributed by atoms with Crippen LogP contribution in [0, 0.1) is 0 Å². The third kappa shape index (κ3) is 6.49. The number of carbonyl (C=O) groups excluding carboxylic acids is 1. The smallest absolute Gasteiger partial charge is 0.224 e. The normalized spacial score (nSPS) is 10.5. The van der Waals surface area contributed by atoms with Crippen molar-refractivity contribution in [3.05, 3.63) is 23.8 Å². The van der Waals surface area contributed by atoms with Gasteiger partial charge in [-0.3, -0.25) is 4.79 Å². The average molecular weight is 295 g/mol. The van der Waals surface area contributed by atoms with Gasteiger partial charge < -0.3 is 19.5 Å². The zero-order chi connectivity index (χ0) is 15.7. The summed E-state index contributed by atoms with van der Waals surface area (Å²) in [6.45, 7) is 5.28. The van der Waals surface area contributed by atoms with Crippen LogP contribution in [0.25, 0.3) is 0 Å². The molecule has 0 aliphatic rings. The molecule has 0 bridgehead atoms. The van der Waals surface area contributed by atoms with Gasteiger partial charge >= 0.3 is 0 Å². The van der Waals surface area contributed by atoms with Crippen LogP contribution >= 0.6 is 0 Å². The summed E-state index contributed by atoms with van der Waals surface area (Å²) < 4.78 is 15.8. The van der Waals surface area contributed by atoms with E-state index in [-0.39, 0.29) is 12.0 Å². The van der Waals surface area contributed by atoms with E-state index < -0.39 is 0 Å². The standard InChI is InChI=1S/C16H25NO4/c1-12(2)21-9-5-8-17-16(18)11-13-6-7-14(19-3)15(10-13)20-4/h6-7,10,12H,5,8-9,11H2,1-4H3,(H,17,18). The van der Waals surface area contributed by atoms with Crippen molar-refractivity contribution in [3.63, 3.8) is 0 Å². The maximum absolute atomic E-state index is 11.8. The van der Waals surface area contributed by atoms with Crippen LogP contribution < -0.4 is 14.8 Å². The summed E-state index contributed by atoms with van der Waals surface area (Å²) in [5, 5.41) is 2.88. The first-order valence-electron chi connectivity index (χ1n) is 7.16. The fourth-order valence-corrected chi connectivity index (χ4v) is 1.86. The Morgan fingerprint density at radius 3 is 2.52 bits per heavy atom. The van der Waals surface area contributed by atoms with Gasteiger partial charge in [0.25, 0.3) is 0 Å². The van der Waals surface area contributed by atoms with Crippen molar-refractivity contribution in [2.75, 3.05) is 27.4 Å². The highest BCUT2D eigenvalue weighted by Crippen LogP contribution is 2.27. The molecule has 1 N–H and O–H groups in total. The minimum Gasteiger partial charge on any atom is -0.493 e. The maximum Gasteiger partial charge on any atom is 0.224 e. The van der Waals surface area contributed by atoms with Crippen LogP contribution in [0.5, 0.6) is 11.5 Å². The van der Waals surface area contributed by atoms with E-state index in [1.807, 2.05) is 26.0 Å². The number of hydrogen-bond donors (Lipinski definition) is 1. The molecule has 0 aliphatic heterocycles. The van der Waals surface area contributed by atoms with Crippen molar-refractivity contribution in [1.29, 1.82) is 0 Å². The Kier molecular flexibility index (Phi) is 7.61. The predicted octanol–water partition coefficient (Wildman–Crippen LogP) is 2.18. The van der Waals surface area contributed by atoms with Gasteiger partial charge in [-0.05, 0) is 38.0 Å². The van der Waals surface area contributed by atoms with Crippen molar-refractivity contribution >= 4 is 5.91 Å². The third-order valence-electron chi connectivity index (χ3n) is 2.91. The molecule has 118 valence electrons. The van der Waals surface area contributed by atoms with Gasteiger partial charge in [0.05, 0.1) is 26.7 Å². The van der Waals surface area contributed by atoms with Gasteiger partial charge in [0.1, 0.15) is 0 Å². The average Bonchev–Trinajstić information content (AvgIpc) is 2.46. The van der Waals surface area contributed by atoms with E-state index in [9.17, 15) is 4.79 Å². The van der Waals surface area contributed by atoms with Gasteiger partial charge in [0.15, 0.2) is 11.5 Å². The molecule has 0 aliphatic carbocycles. The van der Waals surface area contributed by atoms with Crippen LogP contribution in [0.15, 0.2) is 18.2 Å². The first-order chi connectivity index (χ1) is 10.1. The van der Waals surface area contributed by atoms with E-state index in [1.54, 1.807) is 20.3 Å². The highest BCUT2D eigenvalue weighted by atomic mass is 16.5. The summed E-state index contributed by atoms with van der Waals surface area (Å²) in [5.41, 5.74) is 0.892. The molecule has 21 heavy (non-hydrogen) atoms. The third-order valence-corrected chi connectivity index (χ3v) is 2.91. The van der Waals surface area contributed by atoms with E-state index in [4.69, 9.17) is 14.2 Å². The van der Waals surface area contributed by atoms with Gasteiger partial charge in [0, 0.05) is 13.2 Å². The van der Waals surface area contributed by atoms with Gasteiger partial charge in [-0.15, -0.1) is 0 Å². The number of amides is 1. The monoisotopic (exact) mass is 295 g/mol. The number of methoxy groups -OCH3 is 2. The van der Waals surface area contributed by atoms with Crippen molar-refractivity contribution in [2.24, 2.45) is 0 Å². The van der Waals surface area contributed by atoms with E-state index in [1.165, 1.54) is 0 Å². The second kappa shape index (κ2) is 9.23. The van der Waals surface area contributed by atoms with E-state index >= 15 is 0 Å². The fourth-order valence-electron chi connectivity index (χ4n) is 1.86. The highest BCUT2D eigenvalue weighted by molar-refractivity contribution is 5.78. The molecule has 0 spiro atoms. The first-order valence-corrected chi connectivity index (χ1v) is 7.16. The van der Waals surface area contributed by atoms with Crippen LogP contribution in [0.4, 0.5) is 0 Å². The molecule has 0 radical (unpaired) electrons.